The number of imidazole rings is 1. The normalized spacial score (nSPS) is 19.1. The number of aromatic nitrogens is 2. The monoisotopic (exact) mass is 477 g/mol. The first kappa shape index (κ1) is 22.3. The van der Waals surface area contributed by atoms with Gasteiger partial charge in [-0.2, -0.15) is 0 Å². The van der Waals surface area contributed by atoms with Crippen molar-refractivity contribution in [2.75, 3.05) is 13.1 Å². The Kier molecular flexibility index (Phi) is 6.55. The SMILES string of the molecule is CC(C)(C)OC(=O)N1CCCC(C(C)(Oc2cnc[nH]2)C(=O)c2ccc(Br)cc2)C1. The Morgan fingerprint density at radius 3 is 2.50 bits per heavy atom. The van der Waals surface area contributed by atoms with Crippen LogP contribution in [0.1, 0.15) is 50.9 Å². The summed E-state index contributed by atoms with van der Waals surface area (Å²) in [5.74, 6) is 0.0659. The van der Waals surface area contributed by atoms with E-state index in [-0.39, 0.29) is 17.8 Å². The topological polar surface area (TPSA) is 84.5 Å². The lowest BCUT2D eigenvalue weighted by molar-refractivity contribution is -0.0166. The molecule has 162 valence electrons. The van der Waals surface area contributed by atoms with Crippen LogP contribution in [0.25, 0.3) is 0 Å². The number of halogens is 1. The first-order chi connectivity index (χ1) is 14.1. The molecule has 2 unspecified atom stereocenters. The van der Waals surface area contributed by atoms with Gasteiger partial charge in [-0.1, -0.05) is 28.1 Å². The average molecular weight is 478 g/mol. The highest BCUT2D eigenvalue weighted by Gasteiger charge is 2.47. The highest BCUT2D eigenvalue weighted by molar-refractivity contribution is 9.10. The minimum absolute atomic E-state index is 0.138. The van der Waals surface area contributed by atoms with Gasteiger partial charge in [-0.05, 0) is 52.7 Å². The number of carbonyl (C=O) groups is 2. The van der Waals surface area contributed by atoms with Crippen molar-refractivity contribution < 1.29 is 19.1 Å². The smallest absolute Gasteiger partial charge is 0.410 e. The Morgan fingerprint density at radius 2 is 1.90 bits per heavy atom. The van der Waals surface area contributed by atoms with Crippen LogP contribution < -0.4 is 4.74 Å². The van der Waals surface area contributed by atoms with Crippen LogP contribution in [-0.2, 0) is 4.74 Å². The van der Waals surface area contributed by atoms with Gasteiger partial charge >= 0.3 is 6.09 Å². The molecular formula is C22H28BrN3O4. The number of nitrogens with zero attached hydrogens (tertiary/aromatic N) is 2. The molecular weight excluding hydrogens is 450 g/mol. The van der Waals surface area contributed by atoms with E-state index >= 15 is 0 Å². The van der Waals surface area contributed by atoms with Crippen LogP contribution in [0, 0.1) is 5.92 Å². The van der Waals surface area contributed by atoms with Crippen molar-refractivity contribution in [1.82, 2.24) is 14.9 Å². The molecule has 7 nitrogen and oxygen atoms in total. The first-order valence-corrected chi connectivity index (χ1v) is 10.8. The van der Waals surface area contributed by atoms with Crippen LogP contribution in [0.3, 0.4) is 0 Å². The predicted molar refractivity (Wildman–Crippen MR) is 117 cm³/mol. The van der Waals surface area contributed by atoms with E-state index in [9.17, 15) is 9.59 Å². The second kappa shape index (κ2) is 8.79. The molecule has 0 saturated carbocycles. The van der Waals surface area contributed by atoms with Crippen molar-refractivity contribution >= 4 is 27.8 Å². The van der Waals surface area contributed by atoms with E-state index in [1.807, 2.05) is 32.9 Å². The van der Waals surface area contributed by atoms with Crippen LogP contribution in [0.15, 0.2) is 41.3 Å². The van der Waals surface area contributed by atoms with Gasteiger partial charge in [0.1, 0.15) is 5.60 Å². The van der Waals surface area contributed by atoms with Gasteiger partial charge in [-0.3, -0.25) is 4.79 Å². The minimum atomic E-state index is -1.18. The van der Waals surface area contributed by atoms with Gasteiger partial charge in [0.2, 0.25) is 11.7 Å². The number of benzene rings is 1. The lowest BCUT2D eigenvalue weighted by Gasteiger charge is -2.42. The maximum atomic E-state index is 13.6. The molecule has 0 radical (unpaired) electrons. The lowest BCUT2D eigenvalue weighted by atomic mass is 9.78. The summed E-state index contributed by atoms with van der Waals surface area (Å²) in [5, 5.41) is 0. The molecule has 2 aromatic rings. The van der Waals surface area contributed by atoms with E-state index in [2.05, 4.69) is 25.9 Å². The van der Waals surface area contributed by atoms with E-state index in [1.165, 1.54) is 6.33 Å². The number of likely N-dealkylation sites (tertiary alicyclic amines) is 1. The molecule has 1 aromatic carbocycles. The van der Waals surface area contributed by atoms with E-state index in [0.29, 0.717) is 24.5 Å². The molecule has 3 rings (SSSR count). The molecule has 2 heterocycles. The summed E-state index contributed by atoms with van der Waals surface area (Å²) in [5.41, 5.74) is -1.21. The summed E-state index contributed by atoms with van der Waals surface area (Å²) in [6, 6.07) is 7.21. The summed E-state index contributed by atoms with van der Waals surface area (Å²) < 4.78 is 12.6. The summed E-state index contributed by atoms with van der Waals surface area (Å²) in [6.45, 7) is 8.29. The van der Waals surface area contributed by atoms with Crippen molar-refractivity contribution in [3.05, 3.63) is 46.8 Å². The fraction of sp³-hybridized carbons (Fsp3) is 0.500. The molecule has 0 spiro atoms. The third-order valence-corrected chi connectivity index (χ3v) is 5.73. The van der Waals surface area contributed by atoms with Crippen LogP contribution in [-0.4, -0.2) is 51.0 Å². The molecule has 30 heavy (non-hydrogen) atoms. The first-order valence-electron chi connectivity index (χ1n) is 10.0. The van der Waals surface area contributed by atoms with E-state index < -0.39 is 11.2 Å². The number of hydrogen-bond acceptors (Lipinski definition) is 5. The number of nitrogens with one attached hydrogen (secondary N) is 1. The summed E-state index contributed by atoms with van der Waals surface area (Å²) >= 11 is 3.40. The molecule has 1 aliphatic heterocycles. The third kappa shape index (κ3) is 5.22. The fourth-order valence-corrected chi connectivity index (χ4v) is 3.91. The van der Waals surface area contributed by atoms with Crippen molar-refractivity contribution in [3.8, 4) is 5.88 Å². The number of piperidine rings is 1. The van der Waals surface area contributed by atoms with Gasteiger partial charge in [0.05, 0.1) is 12.5 Å². The van der Waals surface area contributed by atoms with Crippen LogP contribution >= 0.6 is 15.9 Å². The quantitative estimate of drug-likeness (QED) is 0.622. The van der Waals surface area contributed by atoms with Crippen molar-refractivity contribution in [2.24, 2.45) is 5.92 Å². The minimum Gasteiger partial charge on any atom is -0.463 e. The molecule has 2 atom stereocenters. The van der Waals surface area contributed by atoms with E-state index in [0.717, 1.165) is 17.3 Å². The standard InChI is InChI=1S/C22H28BrN3O4/c1-21(2,3)30-20(28)26-11-5-6-16(13-26)22(4,29-18-12-24-14-25-18)19(27)15-7-9-17(23)10-8-15/h7-10,12,14,16H,5-6,11,13H2,1-4H3,(H,24,25). The molecule has 1 fully saturated rings. The number of ether oxygens (including phenoxy) is 2. The van der Waals surface area contributed by atoms with Crippen molar-refractivity contribution in [3.63, 3.8) is 0 Å². The Labute approximate surface area is 185 Å². The second-order valence-corrected chi connectivity index (χ2v) is 9.64. The summed E-state index contributed by atoms with van der Waals surface area (Å²) in [4.78, 5) is 34.8. The lowest BCUT2D eigenvalue weighted by Crippen LogP contribution is -2.55. The van der Waals surface area contributed by atoms with Crippen LogP contribution in [0.4, 0.5) is 4.79 Å². The molecule has 1 N–H and O–H groups in total. The number of H-pyrrole nitrogens is 1. The van der Waals surface area contributed by atoms with Crippen molar-refractivity contribution in [2.45, 2.75) is 51.7 Å². The largest absolute Gasteiger partial charge is 0.463 e. The average Bonchev–Trinajstić information content (AvgIpc) is 3.19. The van der Waals surface area contributed by atoms with Crippen LogP contribution in [0.2, 0.25) is 0 Å². The van der Waals surface area contributed by atoms with E-state index in [1.54, 1.807) is 30.2 Å². The molecule has 0 bridgehead atoms. The maximum absolute atomic E-state index is 13.6. The molecule has 0 aliphatic carbocycles. The Hall–Kier alpha value is -2.35. The molecule has 1 aromatic heterocycles. The molecule has 8 heteroatoms. The number of carbonyl (C=O) groups excluding carboxylic acids is 2. The fourth-order valence-electron chi connectivity index (χ4n) is 3.65. The molecule has 1 saturated heterocycles. The van der Waals surface area contributed by atoms with Gasteiger partial charge < -0.3 is 19.4 Å². The number of hydrogen-bond donors (Lipinski definition) is 1. The molecule has 1 amide bonds. The number of rotatable bonds is 5. The number of aromatic amines is 1. The highest BCUT2D eigenvalue weighted by Crippen LogP contribution is 2.34. The predicted octanol–water partition coefficient (Wildman–Crippen LogP) is 4.84. The van der Waals surface area contributed by atoms with Gasteiger partial charge in [0, 0.05) is 29.0 Å². The summed E-state index contributed by atoms with van der Waals surface area (Å²) in [7, 11) is 0. The van der Waals surface area contributed by atoms with Gasteiger partial charge in [-0.25, -0.2) is 9.78 Å². The third-order valence-electron chi connectivity index (χ3n) is 5.20. The van der Waals surface area contributed by atoms with Gasteiger partial charge in [-0.15, -0.1) is 0 Å². The summed E-state index contributed by atoms with van der Waals surface area (Å²) in [6.07, 6.45) is 4.20. The zero-order valence-electron chi connectivity index (χ0n) is 17.8. The van der Waals surface area contributed by atoms with E-state index in [4.69, 9.17) is 9.47 Å². The number of Topliss-reactive ketones (excluding diaryl/α,β-unsaturated/α-hetero) is 1. The highest BCUT2D eigenvalue weighted by atomic mass is 79.9. The van der Waals surface area contributed by atoms with Gasteiger partial charge in [0.25, 0.3) is 0 Å². The van der Waals surface area contributed by atoms with Gasteiger partial charge in [0.15, 0.2) is 5.60 Å². The Bertz CT molecular complexity index is 877. The molecule has 1 aliphatic rings. The van der Waals surface area contributed by atoms with Crippen LogP contribution in [0.5, 0.6) is 5.88 Å². The zero-order chi connectivity index (χ0) is 21.9. The Morgan fingerprint density at radius 1 is 1.20 bits per heavy atom. The number of amides is 1. The maximum Gasteiger partial charge on any atom is 0.410 e. The van der Waals surface area contributed by atoms with Crippen molar-refractivity contribution in [1.29, 1.82) is 0 Å². The zero-order valence-corrected chi connectivity index (χ0v) is 19.4. The number of ketones is 1. The Balaban J connectivity index is 1.88. The second-order valence-electron chi connectivity index (χ2n) is 8.73.